The first-order chi connectivity index (χ1) is 10.7. The highest BCUT2D eigenvalue weighted by atomic mass is 32.2. The van der Waals surface area contributed by atoms with Crippen LogP contribution in [0.2, 0.25) is 0 Å². The number of thiophene rings is 1. The highest BCUT2D eigenvalue weighted by molar-refractivity contribution is 8.01. The van der Waals surface area contributed by atoms with Gasteiger partial charge in [-0.15, -0.1) is 23.1 Å². The standard InChI is InChI=1S/C17H19NO2S2/c1-3-11(2)20-16(19)10-15-12-6-4-5-7-13(12)18-14-8-9-21-17(14)22-15/h4-9,11,15,18H,3,10H2,1-2H3. The van der Waals surface area contributed by atoms with Crippen molar-refractivity contribution in [3.05, 3.63) is 41.3 Å². The molecule has 0 aliphatic carbocycles. The van der Waals surface area contributed by atoms with E-state index in [1.54, 1.807) is 23.1 Å². The second kappa shape index (κ2) is 6.75. The number of anilines is 2. The zero-order valence-electron chi connectivity index (χ0n) is 12.7. The summed E-state index contributed by atoms with van der Waals surface area (Å²) in [5, 5.41) is 5.64. The molecule has 1 aromatic heterocycles. The van der Waals surface area contributed by atoms with Crippen LogP contribution in [0.3, 0.4) is 0 Å². The van der Waals surface area contributed by atoms with Crippen LogP contribution in [-0.2, 0) is 9.53 Å². The van der Waals surface area contributed by atoms with Crippen molar-refractivity contribution in [3.8, 4) is 0 Å². The Morgan fingerprint density at radius 3 is 2.95 bits per heavy atom. The van der Waals surface area contributed by atoms with Crippen LogP contribution in [0.15, 0.2) is 39.9 Å². The molecule has 2 unspecified atom stereocenters. The van der Waals surface area contributed by atoms with Crippen molar-refractivity contribution in [3.63, 3.8) is 0 Å². The van der Waals surface area contributed by atoms with Crippen LogP contribution in [0.5, 0.6) is 0 Å². The van der Waals surface area contributed by atoms with Gasteiger partial charge in [0.15, 0.2) is 0 Å². The van der Waals surface area contributed by atoms with Crippen LogP contribution in [-0.4, -0.2) is 12.1 Å². The summed E-state index contributed by atoms with van der Waals surface area (Å²) >= 11 is 3.45. The van der Waals surface area contributed by atoms with Crippen LogP contribution in [0.1, 0.15) is 37.5 Å². The third kappa shape index (κ3) is 3.31. The molecule has 2 atom stereocenters. The van der Waals surface area contributed by atoms with E-state index >= 15 is 0 Å². The SMILES string of the molecule is CCC(C)OC(=O)CC1Sc2sccc2Nc2ccccc21. The monoisotopic (exact) mass is 333 g/mol. The van der Waals surface area contributed by atoms with Gasteiger partial charge >= 0.3 is 5.97 Å². The smallest absolute Gasteiger partial charge is 0.307 e. The van der Waals surface area contributed by atoms with Gasteiger partial charge in [0, 0.05) is 10.9 Å². The summed E-state index contributed by atoms with van der Waals surface area (Å²) in [5.41, 5.74) is 3.37. The number of benzene rings is 1. The molecule has 1 N–H and O–H groups in total. The number of nitrogens with one attached hydrogen (secondary N) is 1. The first-order valence-electron chi connectivity index (χ1n) is 7.47. The van der Waals surface area contributed by atoms with Gasteiger partial charge in [-0.25, -0.2) is 0 Å². The number of ether oxygens (including phenoxy) is 1. The number of thioether (sulfide) groups is 1. The summed E-state index contributed by atoms with van der Waals surface area (Å²) in [7, 11) is 0. The van der Waals surface area contributed by atoms with Gasteiger partial charge in [-0.05, 0) is 36.4 Å². The topological polar surface area (TPSA) is 38.3 Å². The van der Waals surface area contributed by atoms with Crippen molar-refractivity contribution in [1.29, 1.82) is 0 Å². The van der Waals surface area contributed by atoms with Gasteiger partial charge in [-0.1, -0.05) is 25.1 Å². The van der Waals surface area contributed by atoms with Gasteiger partial charge in [-0.3, -0.25) is 4.79 Å². The van der Waals surface area contributed by atoms with E-state index < -0.39 is 0 Å². The first kappa shape index (κ1) is 15.4. The van der Waals surface area contributed by atoms with Crippen LogP contribution < -0.4 is 5.32 Å². The van der Waals surface area contributed by atoms with E-state index in [-0.39, 0.29) is 17.3 Å². The molecule has 116 valence electrons. The van der Waals surface area contributed by atoms with E-state index in [0.717, 1.165) is 23.4 Å². The minimum atomic E-state index is -0.123. The highest BCUT2D eigenvalue weighted by Crippen LogP contribution is 2.49. The summed E-state index contributed by atoms with van der Waals surface area (Å²) in [5.74, 6) is -0.123. The molecule has 3 nitrogen and oxygen atoms in total. The fourth-order valence-corrected chi connectivity index (χ4v) is 4.74. The molecule has 2 heterocycles. The minimum Gasteiger partial charge on any atom is -0.463 e. The maximum atomic E-state index is 12.2. The molecule has 0 spiro atoms. The maximum absolute atomic E-state index is 12.2. The second-order valence-electron chi connectivity index (χ2n) is 5.35. The van der Waals surface area contributed by atoms with Crippen molar-refractivity contribution < 1.29 is 9.53 Å². The Morgan fingerprint density at radius 1 is 1.32 bits per heavy atom. The van der Waals surface area contributed by atoms with Gasteiger partial charge in [0.05, 0.1) is 22.4 Å². The minimum absolute atomic E-state index is 0.0195. The lowest BCUT2D eigenvalue weighted by molar-refractivity contribution is -0.148. The average Bonchev–Trinajstić information content (AvgIpc) is 2.88. The van der Waals surface area contributed by atoms with Crippen LogP contribution in [0.4, 0.5) is 11.4 Å². The van der Waals surface area contributed by atoms with Crippen LogP contribution in [0.25, 0.3) is 0 Å². The summed E-state index contributed by atoms with van der Waals surface area (Å²) in [6.45, 7) is 3.96. The third-order valence-electron chi connectivity index (χ3n) is 3.72. The van der Waals surface area contributed by atoms with Gasteiger partial charge in [0.2, 0.25) is 0 Å². The van der Waals surface area contributed by atoms with Crippen molar-refractivity contribution in [1.82, 2.24) is 0 Å². The van der Waals surface area contributed by atoms with E-state index in [2.05, 4.69) is 28.9 Å². The summed E-state index contributed by atoms with van der Waals surface area (Å²) in [6.07, 6.45) is 1.22. The predicted molar refractivity (Wildman–Crippen MR) is 93.1 cm³/mol. The molecule has 22 heavy (non-hydrogen) atoms. The van der Waals surface area contributed by atoms with Crippen molar-refractivity contribution in [2.24, 2.45) is 0 Å². The van der Waals surface area contributed by atoms with Gasteiger partial charge < -0.3 is 10.1 Å². The molecule has 1 aromatic carbocycles. The second-order valence-corrected chi connectivity index (χ2v) is 7.74. The number of para-hydroxylation sites is 1. The molecule has 0 bridgehead atoms. The van der Waals surface area contributed by atoms with Gasteiger partial charge in [0.1, 0.15) is 0 Å². The molecular weight excluding hydrogens is 314 g/mol. The lowest BCUT2D eigenvalue weighted by atomic mass is 10.1. The predicted octanol–water partition coefficient (Wildman–Crippen LogP) is 5.37. The lowest BCUT2D eigenvalue weighted by Gasteiger charge is -2.17. The Kier molecular flexibility index (Phi) is 4.74. The molecule has 0 radical (unpaired) electrons. The Bertz CT molecular complexity index is 668. The van der Waals surface area contributed by atoms with E-state index in [1.165, 1.54) is 4.21 Å². The quantitative estimate of drug-likeness (QED) is 0.763. The fraction of sp³-hybridized carbons (Fsp3) is 0.353. The van der Waals surface area contributed by atoms with Crippen molar-refractivity contribution in [2.45, 2.75) is 42.3 Å². The van der Waals surface area contributed by atoms with E-state index in [4.69, 9.17) is 4.74 Å². The van der Waals surface area contributed by atoms with Gasteiger partial charge in [-0.2, -0.15) is 0 Å². The van der Waals surface area contributed by atoms with E-state index in [9.17, 15) is 4.79 Å². The molecular formula is C17H19NO2S2. The molecule has 0 saturated heterocycles. The fourth-order valence-electron chi connectivity index (χ4n) is 2.37. The van der Waals surface area contributed by atoms with Crippen molar-refractivity contribution >= 4 is 40.4 Å². The number of fused-ring (bicyclic) bond motifs is 2. The summed E-state index contributed by atoms with van der Waals surface area (Å²) in [4.78, 5) is 12.2. The Morgan fingerprint density at radius 2 is 2.14 bits per heavy atom. The lowest BCUT2D eigenvalue weighted by Crippen LogP contribution is -2.15. The maximum Gasteiger partial charge on any atom is 0.307 e. The summed E-state index contributed by atoms with van der Waals surface area (Å²) in [6, 6.07) is 10.3. The van der Waals surface area contributed by atoms with E-state index in [0.29, 0.717) is 6.42 Å². The van der Waals surface area contributed by atoms with Crippen LogP contribution in [0, 0.1) is 0 Å². The number of rotatable bonds is 4. The van der Waals surface area contributed by atoms with Crippen molar-refractivity contribution in [2.75, 3.05) is 5.32 Å². The molecule has 1 aliphatic rings. The number of carbonyl (C=O) groups is 1. The third-order valence-corrected chi connectivity index (χ3v) is 6.14. The van der Waals surface area contributed by atoms with Gasteiger partial charge in [0.25, 0.3) is 0 Å². The molecule has 5 heteroatoms. The number of hydrogen-bond donors (Lipinski definition) is 1. The molecule has 0 saturated carbocycles. The Balaban J connectivity index is 1.85. The number of esters is 1. The largest absolute Gasteiger partial charge is 0.463 e. The molecule has 3 rings (SSSR count). The summed E-state index contributed by atoms with van der Waals surface area (Å²) < 4.78 is 6.68. The average molecular weight is 333 g/mol. The number of carbonyl (C=O) groups excluding carboxylic acids is 1. The van der Waals surface area contributed by atoms with Crippen LogP contribution >= 0.6 is 23.1 Å². The Hall–Kier alpha value is -1.46. The molecule has 1 aliphatic heterocycles. The van der Waals surface area contributed by atoms with E-state index in [1.807, 2.05) is 26.0 Å². The first-order valence-corrected chi connectivity index (χ1v) is 9.23. The molecule has 0 fully saturated rings. The zero-order chi connectivity index (χ0) is 15.5. The Labute approximate surface area is 139 Å². The molecule has 2 aromatic rings. The number of hydrogen-bond acceptors (Lipinski definition) is 5. The highest BCUT2D eigenvalue weighted by Gasteiger charge is 2.26. The zero-order valence-corrected chi connectivity index (χ0v) is 14.3. The molecule has 0 amide bonds. The normalized spacial score (nSPS) is 17.6.